The Morgan fingerprint density at radius 2 is 1.96 bits per heavy atom. The van der Waals surface area contributed by atoms with Crippen LogP contribution in [0.3, 0.4) is 0 Å². The maximum absolute atomic E-state index is 12.1. The number of hydrogen-bond acceptors (Lipinski definition) is 6. The highest BCUT2D eigenvalue weighted by molar-refractivity contribution is 7.99. The molecule has 1 N–H and O–H groups in total. The van der Waals surface area contributed by atoms with Gasteiger partial charge in [0.1, 0.15) is 0 Å². The quantitative estimate of drug-likeness (QED) is 0.510. The van der Waals surface area contributed by atoms with Gasteiger partial charge in [0, 0.05) is 19.3 Å². The van der Waals surface area contributed by atoms with E-state index in [0.717, 1.165) is 0 Å². The van der Waals surface area contributed by atoms with E-state index < -0.39 is 10.0 Å². The molecule has 1 aromatic carbocycles. The monoisotopic (exact) mass is 364 g/mol. The highest BCUT2D eigenvalue weighted by Crippen LogP contribution is 2.22. The van der Waals surface area contributed by atoms with Gasteiger partial charge >= 0.3 is 0 Å². The maximum Gasteiger partial charge on any atom is 0.240 e. The normalized spacial score (nSPS) is 11.7. The number of furan rings is 1. The molecule has 0 saturated heterocycles. The molecule has 0 saturated carbocycles. The first-order valence-corrected chi connectivity index (χ1v) is 9.65. The predicted octanol–water partition coefficient (Wildman–Crippen LogP) is 2.15. The van der Waals surface area contributed by atoms with Gasteiger partial charge in [0.05, 0.1) is 11.2 Å². The van der Waals surface area contributed by atoms with Crippen molar-refractivity contribution < 1.29 is 12.8 Å². The molecule has 0 atom stereocenters. The molecular formula is C15H16N4O3S2. The SMILES string of the molecule is Cn1c(SCCNS(=O)(=O)c2ccccc2)nnc1-c1ccco1. The van der Waals surface area contributed by atoms with Crippen LogP contribution >= 0.6 is 11.8 Å². The van der Waals surface area contributed by atoms with Crippen LogP contribution in [0.25, 0.3) is 11.6 Å². The second-order valence-corrected chi connectivity index (χ2v) is 7.73. The Kier molecular flexibility index (Phi) is 5.03. The third-order valence-corrected chi connectivity index (χ3v) is 5.75. The van der Waals surface area contributed by atoms with Gasteiger partial charge in [-0.05, 0) is 24.3 Å². The van der Waals surface area contributed by atoms with Crippen molar-refractivity contribution in [1.82, 2.24) is 19.5 Å². The van der Waals surface area contributed by atoms with E-state index in [2.05, 4.69) is 14.9 Å². The van der Waals surface area contributed by atoms with E-state index >= 15 is 0 Å². The van der Waals surface area contributed by atoms with Gasteiger partial charge in [-0.2, -0.15) is 0 Å². The fourth-order valence-corrected chi connectivity index (χ4v) is 4.01. The van der Waals surface area contributed by atoms with Crippen LogP contribution in [-0.4, -0.2) is 35.5 Å². The van der Waals surface area contributed by atoms with Crippen LogP contribution in [0.4, 0.5) is 0 Å². The molecule has 2 heterocycles. The van der Waals surface area contributed by atoms with Crippen LogP contribution in [0.15, 0.2) is 63.2 Å². The average molecular weight is 364 g/mol. The van der Waals surface area contributed by atoms with Gasteiger partial charge in [-0.25, -0.2) is 13.1 Å². The summed E-state index contributed by atoms with van der Waals surface area (Å²) in [5, 5.41) is 8.89. The number of benzene rings is 1. The zero-order valence-electron chi connectivity index (χ0n) is 12.9. The van der Waals surface area contributed by atoms with Crippen LogP contribution < -0.4 is 4.72 Å². The maximum atomic E-state index is 12.1. The Balaban J connectivity index is 1.56. The number of sulfonamides is 1. The number of rotatable bonds is 7. The lowest BCUT2D eigenvalue weighted by Gasteiger charge is -2.06. The molecule has 2 aromatic heterocycles. The highest BCUT2D eigenvalue weighted by Gasteiger charge is 2.15. The van der Waals surface area contributed by atoms with E-state index in [4.69, 9.17) is 4.42 Å². The molecular weight excluding hydrogens is 348 g/mol. The molecule has 0 radical (unpaired) electrons. The molecule has 126 valence electrons. The first kappa shape index (κ1) is 16.7. The van der Waals surface area contributed by atoms with Gasteiger partial charge < -0.3 is 8.98 Å². The second kappa shape index (κ2) is 7.20. The van der Waals surface area contributed by atoms with E-state index in [1.54, 1.807) is 42.7 Å². The molecule has 3 rings (SSSR count). The predicted molar refractivity (Wildman–Crippen MR) is 91.1 cm³/mol. The van der Waals surface area contributed by atoms with Gasteiger partial charge in [0.25, 0.3) is 0 Å². The summed E-state index contributed by atoms with van der Waals surface area (Å²) in [5.41, 5.74) is 0. The van der Waals surface area contributed by atoms with Crippen LogP contribution in [0, 0.1) is 0 Å². The Morgan fingerprint density at radius 1 is 1.17 bits per heavy atom. The number of nitrogens with zero attached hydrogens (tertiary/aromatic N) is 3. The van der Waals surface area contributed by atoms with Crippen molar-refractivity contribution in [2.75, 3.05) is 12.3 Å². The molecule has 9 heteroatoms. The van der Waals surface area contributed by atoms with Gasteiger partial charge in [-0.15, -0.1) is 10.2 Å². The van der Waals surface area contributed by atoms with Crippen molar-refractivity contribution in [2.45, 2.75) is 10.1 Å². The number of nitrogens with one attached hydrogen (secondary N) is 1. The third kappa shape index (κ3) is 3.69. The first-order valence-electron chi connectivity index (χ1n) is 7.19. The average Bonchev–Trinajstić information content (AvgIpc) is 3.22. The van der Waals surface area contributed by atoms with Gasteiger partial charge in [0.2, 0.25) is 10.0 Å². The van der Waals surface area contributed by atoms with Crippen LogP contribution in [0.2, 0.25) is 0 Å². The van der Waals surface area contributed by atoms with Gasteiger partial charge in [-0.3, -0.25) is 0 Å². The Labute approximate surface area is 144 Å². The summed E-state index contributed by atoms with van der Waals surface area (Å²) in [7, 11) is -1.63. The van der Waals surface area contributed by atoms with Crippen LogP contribution in [-0.2, 0) is 17.1 Å². The van der Waals surface area contributed by atoms with E-state index in [1.807, 2.05) is 17.7 Å². The van der Waals surface area contributed by atoms with Crippen molar-refractivity contribution in [1.29, 1.82) is 0 Å². The Morgan fingerprint density at radius 3 is 2.67 bits per heavy atom. The van der Waals surface area contributed by atoms with E-state index in [1.165, 1.54) is 11.8 Å². The largest absolute Gasteiger partial charge is 0.461 e. The summed E-state index contributed by atoms with van der Waals surface area (Å²) in [6, 6.07) is 11.9. The summed E-state index contributed by atoms with van der Waals surface area (Å²) < 4.78 is 33.9. The van der Waals surface area contributed by atoms with Gasteiger partial charge in [-0.1, -0.05) is 30.0 Å². The molecule has 0 bridgehead atoms. The topological polar surface area (TPSA) is 90.0 Å². The Hall–Kier alpha value is -2.10. The highest BCUT2D eigenvalue weighted by atomic mass is 32.2. The molecule has 0 aliphatic carbocycles. The standard InChI is InChI=1S/C15H16N4O3S2/c1-19-14(13-8-5-10-22-13)17-18-15(19)23-11-9-16-24(20,21)12-6-3-2-4-7-12/h2-8,10,16H,9,11H2,1H3. The zero-order valence-corrected chi connectivity index (χ0v) is 14.5. The van der Waals surface area contributed by atoms with E-state index in [9.17, 15) is 8.42 Å². The first-order chi connectivity index (χ1) is 11.6. The molecule has 7 nitrogen and oxygen atoms in total. The molecule has 0 aliphatic rings. The molecule has 0 spiro atoms. The lowest BCUT2D eigenvalue weighted by Crippen LogP contribution is -2.26. The molecule has 24 heavy (non-hydrogen) atoms. The second-order valence-electron chi connectivity index (χ2n) is 4.90. The van der Waals surface area contributed by atoms with Gasteiger partial charge in [0.15, 0.2) is 16.7 Å². The molecule has 0 aliphatic heterocycles. The number of aromatic nitrogens is 3. The third-order valence-electron chi connectivity index (χ3n) is 3.26. The van der Waals surface area contributed by atoms with E-state index in [-0.39, 0.29) is 4.90 Å². The Bertz CT molecular complexity index is 890. The fraction of sp³-hybridized carbons (Fsp3) is 0.200. The van der Waals surface area contributed by atoms with Crippen molar-refractivity contribution in [3.8, 4) is 11.6 Å². The van der Waals surface area contributed by atoms with Crippen molar-refractivity contribution >= 4 is 21.8 Å². The lowest BCUT2D eigenvalue weighted by molar-refractivity contribution is 0.572. The summed E-state index contributed by atoms with van der Waals surface area (Å²) in [6.07, 6.45) is 1.58. The van der Waals surface area contributed by atoms with E-state index in [0.29, 0.717) is 29.0 Å². The number of hydrogen-bond donors (Lipinski definition) is 1. The van der Waals surface area contributed by atoms with Crippen LogP contribution in [0.5, 0.6) is 0 Å². The van der Waals surface area contributed by atoms with Crippen molar-refractivity contribution in [3.63, 3.8) is 0 Å². The summed E-state index contributed by atoms with van der Waals surface area (Å²) in [4.78, 5) is 0.258. The van der Waals surface area contributed by atoms with Crippen molar-refractivity contribution in [2.24, 2.45) is 7.05 Å². The fourth-order valence-electron chi connectivity index (χ4n) is 2.06. The van der Waals surface area contributed by atoms with Crippen molar-refractivity contribution in [3.05, 3.63) is 48.7 Å². The zero-order chi connectivity index (χ0) is 17.0. The number of thioether (sulfide) groups is 1. The minimum Gasteiger partial charge on any atom is -0.461 e. The minimum atomic E-state index is -3.48. The van der Waals surface area contributed by atoms with Crippen LogP contribution in [0.1, 0.15) is 0 Å². The molecule has 0 amide bonds. The smallest absolute Gasteiger partial charge is 0.240 e. The molecule has 0 fully saturated rings. The summed E-state index contributed by atoms with van der Waals surface area (Å²) in [5.74, 6) is 1.81. The summed E-state index contributed by atoms with van der Waals surface area (Å²) >= 11 is 1.42. The molecule has 3 aromatic rings. The lowest BCUT2D eigenvalue weighted by atomic mass is 10.4. The summed E-state index contributed by atoms with van der Waals surface area (Å²) in [6.45, 7) is 0.296. The minimum absolute atomic E-state index is 0.258. The molecule has 0 unspecified atom stereocenters.